The molecular weight excluding hydrogens is 459 g/mol. The zero-order valence-electron chi connectivity index (χ0n) is 18.1. The Balaban J connectivity index is 1.43. The fraction of sp³-hybridized carbons (Fsp3) is 0.0833. The molecule has 0 bridgehead atoms. The molecule has 0 aliphatic heterocycles. The first-order valence-corrected chi connectivity index (χ1v) is 11.7. The molecule has 0 saturated carbocycles. The number of rotatable bonds is 8. The Morgan fingerprint density at radius 2 is 1.79 bits per heavy atom. The van der Waals surface area contributed by atoms with E-state index in [1.807, 2.05) is 24.3 Å². The topological polar surface area (TPSA) is 102 Å². The average molecular weight is 481 g/mol. The van der Waals surface area contributed by atoms with Gasteiger partial charge in [-0.2, -0.15) is 5.10 Å². The molecule has 34 heavy (non-hydrogen) atoms. The molecule has 2 N–H and O–H groups in total. The second-order valence-electron chi connectivity index (χ2n) is 7.25. The molecule has 0 saturated heterocycles. The zero-order chi connectivity index (χ0) is 24.1. The van der Waals surface area contributed by atoms with Gasteiger partial charge in [0.05, 0.1) is 35.6 Å². The Morgan fingerprint density at radius 3 is 2.53 bits per heavy atom. The van der Waals surface area contributed by atoms with Crippen molar-refractivity contribution in [2.24, 2.45) is 0 Å². The maximum atomic E-state index is 13.8. The van der Waals surface area contributed by atoms with Crippen LogP contribution < -0.4 is 14.8 Å². The lowest BCUT2D eigenvalue weighted by molar-refractivity contribution is 0.0950. The van der Waals surface area contributed by atoms with Gasteiger partial charge in [-0.15, -0.1) is 0 Å². The summed E-state index contributed by atoms with van der Waals surface area (Å²) in [4.78, 5) is 12.5. The summed E-state index contributed by atoms with van der Waals surface area (Å²) in [5.74, 6) is -0.437. The summed E-state index contributed by atoms with van der Waals surface area (Å²) >= 11 is 0. The molecule has 1 heterocycles. The van der Waals surface area contributed by atoms with Gasteiger partial charge in [-0.1, -0.05) is 18.2 Å². The highest BCUT2D eigenvalue weighted by atomic mass is 32.2. The molecule has 4 aromatic rings. The van der Waals surface area contributed by atoms with E-state index in [0.29, 0.717) is 5.69 Å². The van der Waals surface area contributed by atoms with Gasteiger partial charge in [0.1, 0.15) is 11.6 Å². The Bertz CT molecular complexity index is 1420. The number of carbonyl (C=O) groups excluding carboxylic acids is 1. The van der Waals surface area contributed by atoms with E-state index >= 15 is 0 Å². The average Bonchev–Trinajstić information content (AvgIpc) is 3.33. The van der Waals surface area contributed by atoms with Gasteiger partial charge >= 0.3 is 0 Å². The molecule has 0 fully saturated rings. The highest BCUT2D eigenvalue weighted by Crippen LogP contribution is 2.20. The Labute approximate surface area is 196 Å². The van der Waals surface area contributed by atoms with Crippen molar-refractivity contribution in [1.29, 1.82) is 0 Å². The predicted molar refractivity (Wildman–Crippen MR) is 125 cm³/mol. The number of benzene rings is 3. The monoisotopic (exact) mass is 480 g/mol. The third-order valence-corrected chi connectivity index (χ3v) is 6.30. The summed E-state index contributed by atoms with van der Waals surface area (Å²) in [7, 11) is -2.49. The minimum atomic E-state index is -4.09. The summed E-state index contributed by atoms with van der Waals surface area (Å²) in [6.45, 7) is 0.145. The number of hydrogen-bond acceptors (Lipinski definition) is 5. The SMILES string of the molecule is COc1ccc(-n2ccc(CNC(=O)c3cccc(S(=O)(=O)Nc4ccccc4F)c3)n2)cc1. The van der Waals surface area contributed by atoms with Crippen molar-refractivity contribution >= 4 is 21.6 Å². The number of anilines is 1. The summed E-state index contributed by atoms with van der Waals surface area (Å²) in [6, 6.07) is 20.1. The van der Waals surface area contributed by atoms with Crippen LogP contribution in [-0.2, 0) is 16.6 Å². The minimum Gasteiger partial charge on any atom is -0.497 e. The van der Waals surface area contributed by atoms with Crippen LogP contribution in [0.15, 0.2) is 90.0 Å². The molecule has 174 valence electrons. The summed E-state index contributed by atoms with van der Waals surface area (Å²) in [5, 5.41) is 7.16. The van der Waals surface area contributed by atoms with Gasteiger partial charge in [0, 0.05) is 11.8 Å². The third-order valence-electron chi connectivity index (χ3n) is 4.94. The molecule has 8 nitrogen and oxygen atoms in total. The fourth-order valence-corrected chi connectivity index (χ4v) is 4.27. The van der Waals surface area contributed by atoms with E-state index < -0.39 is 21.7 Å². The molecular formula is C24H21FN4O4S. The Hall–Kier alpha value is -4.18. The standard InChI is InChI=1S/C24H21FN4O4S/c1-33-20-11-9-19(10-12-20)29-14-13-18(27-29)16-26-24(30)17-5-4-6-21(15-17)34(31,32)28-23-8-3-2-7-22(23)25/h2-15,28H,16H2,1H3,(H,26,30). The Kier molecular flexibility index (Phi) is 6.60. The van der Waals surface area contributed by atoms with Crippen molar-refractivity contribution < 1.29 is 22.3 Å². The number of amides is 1. The maximum absolute atomic E-state index is 13.8. The molecule has 4 rings (SSSR count). The first kappa shape index (κ1) is 23.0. The van der Waals surface area contributed by atoms with Crippen molar-refractivity contribution in [2.75, 3.05) is 11.8 Å². The van der Waals surface area contributed by atoms with Crippen molar-refractivity contribution in [3.63, 3.8) is 0 Å². The fourth-order valence-electron chi connectivity index (χ4n) is 3.16. The van der Waals surface area contributed by atoms with E-state index in [9.17, 15) is 17.6 Å². The van der Waals surface area contributed by atoms with Gasteiger partial charge in [-0.25, -0.2) is 17.5 Å². The van der Waals surface area contributed by atoms with E-state index in [4.69, 9.17) is 4.74 Å². The van der Waals surface area contributed by atoms with Gasteiger partial charge in [0.25, 0.3) is 15.9 Å². The Morgan fingerprint density at radius 1 is 1.03 bits per heavy atom. The molecule has 1 aromatic heterocycles. The van der Waals surface area contributed by atoms with Crippen LogP contribution >= 0.6 is 0 Å². The largest absolute Gasteiger partial charge is 0.497 e. The smallest absolute Gasteiger partial charge is 0.262 e. The van der Waals surface area contributed by atoms with Gasteiger partial charge in [0.15, 0.2) is 0 Å². The molecule has 0 atom stereocenters. The normalized spacial score (nSPS) is 11.1. The number of methoxy groups -OCH3 is 1. The van der Waals surface area contributed by atoms with E-state index in [2.05, 4.69) is 15.1 Å². The molecule has 3 aromatic carbocycles. The van der Waals surface area contributed by atoms with E-state index in [-0.39, 0.29) is 22.7 Å². The quantitative estimate of drug-likeness (QED) is 0.400. The number of hydrogen-bond donors (Lipinski definition) is 2. The maximum Gasteiger partial charge on any atom is 0.262 e. The van der Waals surface area contributed by atoms with Crippen LogP contribution in [0.4, 0.5) is 10.1 Å². The number of nitrogens with one attached hydrogen (secondary N) is 2. The predicted octanol–water partition coefficient (Wildman–Crippen LogP) is 3.75. The number of nitrogens with zero attached hydrogens (tertiary/aromatic N) is 2. The molecule has 10 heteroatoms. The summed E-state index contributed by atoms with van der Waals surface area (Å²) in [5.41, 5.74) is 1.42. The molecule has 0 spiro atoms. The van der Waals surface area contributed by atoms with Gasteiger partial charge < -0.3 is 10.1 Å². The minimum absolute atomic E-state index is 0.144. The van der Waals surface area contributed by atoms with Crippen molar-refractivity contribution in [2.45, 2.75) is 11.4 Å². The number of carbonyl (C=O) groups is 1. The second kappa shape index (κ2) is 9.75. The second-order valence-corrected chi connectivity index (χ2v) is 8.93. The number of para-hydroxylation sites is 1. The lowest BCUT2D eigenvalue weighted by atomic mass is 10.2. The molecule has 0 radical (unpaired) electrons. The molecule has 0 aliphatic rings. The van der Waals surface area contributed by atoms with E-state index in [1.165, 1.54) is 42.5 Å². The molecule has 1 amide bonds. The molecule has 0 unspecified atom stereocenters. The van der Waals surface area contributed by atoms with Crippen LogP contribution in [0.3, 0.4) is 0 Å². The van der Waals surface area contributed by atoms with Crippen LogP contribution in [0.2, 0.25) is 0 Å². The zero-order valence-corrected chi connectivity index (χ0v) is 18.9. The van der Waals surface area contributed by atoms with Gasteiger partial charge in [0.2, 0.25) is 0 Å². The first-order chi connectivity index (χ1) is 16.4. The number of halogens is 1. The lowest BCUT2D eigenvalue weighted by Crippen LogP contribution is -2.23. The van der Waals surface area contributed by atoms with Crippen LogP contribution in [0, 0.1) is 5.82 Å². The van der Waals surface area contributed by atoms with Crippen molar-refractivity contribution in [3.8, 4) is 11.4 Å². The van der Waals surface area contributed by atoms with E-state index in [1.54, 1.807) is 24.1 Å². The highest BCUT2D eigenvalue weighted by Gasteiger charge is 2.18. The van der Waals surface area contributed by atoms with Crippen LogP contribution in [0.1, 0.15) is 16.1 Å². The third kappa shape index (κ3) is 5.24. The number of ether oxygens (including phenoxy) is 1. The van der Waals surface area contributed by atoms with Gasteiger partial charge in [-0.3, -0.25) is 9.52 Å². The lowest BCUT2D eigenvalue weighted by Gasteiger charge is -2.10. The van der Waals surface area contributed by atoms with Crippen molar-refractivity contribution in [1.82, 2.24) is 15.1 Å². The first-order valence-electron chi connectivity index (χ1n) is 10.2. The van der Waals surface area contributed by atoms with Crippen LogP contribution in [0.25, 0.3) is 5.69 Å². The van der Waals surface area contributed by atoms with Crippen LogP contribution in [-0.4, -0.2) is 31.2 Å². The number of aromatic nitrogens is 2. The highest BCUT2D eigenvalue weighted by molar-refractivity contribution is 7.92. The summed E-state index contributed by atoms with van der Waals surface area (Å²) in [6.07, 6.45) is 1.77. The molecule has 0 aliphatic carbocycles. The van der Waals surface area contributed by atoms with Gasteiger partial charge in [-0.05, 0) is 60.7 Å². The number of sulfonamides is 1. The van der Waals surface area contributed by atoms with E-state index in [0.717, 1.165) is 17.5 Å². The van der Waals surface area contributed by atoms with Crippen molar-refractivity contribution in [3.05, 3.63) is 102 Å². The summed E-state index contributed by atoms with van der Waals surface area (Å²) < 4.78 is 48.2. The van der Waals surface area contributed by atoms with Crippen LogP contribution in [0.5, 0.6) is 5.75 Å².